The van der Waals surface area contributed by atoms with Gasteiger partial charge in [-0.15, -0.1) is 0 Å². The van der Waals surface area contributed by atoms with E-state index in [1.165, 1.54) is 16.8 Å². The van der Waals surface area contributed by atoms with Gasteiger partial charge < -0.3 is 5.11 Å². The summed E-state index contributed by atoms with van der Waals surface area (Å²) in [7, 11) is -3.72. The topological polar surface area (TPSA) is 89.3 Å². The van der Waals surface area contributed by atoms with E-state index in [2.05, 4.69) is 34.2 Å². The molecule has 25 heavy (non-hydrogen) atoms. The molecule has 2 aromatic rings. The molecule has 0 bridgehead atoms. The van der Waals surface area contributed by atoms with Gasteiger partial charge in [0.15, 0.2) is 15.5 Å². The van der Waals surface area contributed by atoms with Crippen molar-refractivity contribution in [1.82, 2.24) is 9.78 Å². The number of carboxylic acids is 1. The van der Waals surface area contributed by atoms with Crippen LogP contribution < -0.4 is 0 Å². The Balaban J connectivity index is 2.45. The lowest BCUT2D eigenvalue weighted by molar-refractivity contribution is 0.0689. The van der Waals surface area contributed by atoms with E-state index in [1.54, 1.807) is 18.2 Å². The molecule has 6 nitrogen and oxygen atoms in total. The highest BCUT2D eigenvalue weighted by Gasteiger charge is 2.35. The Hall–Kier alpha value is -2.45. The lowest BCUT2D eigenvalue weighted by Crippen LogP contribution is -2.17. The van der Waals surface area contributed by atoms with Gasteiger partial charge in [0.2, 0.25) is 0 Å². The molecule has 128 valence electrons. The summed E-state index contributed by atoms with van der Waals surface area (Å²) in [6.07, 6.45) is 2.63. The van der Waals surface area contributed by atoms with Gasteiger partial charge in [-0.3, -0.25) is 0 Å². The van der Waals surface area contributed by atoms with Crippen LogP contribution in [0.4, 0.5) is 0 Å². The third-order valence-corrected chi connectivity index (χ3v) is 6.04. The van der Waals surface area contributed by atoms with Crippen molar-refractivity contribution < 1.29 is 18.3 Å². The normalized spacial score (nSPS) is 15.6. The van der Waals surface area contributed by atoms with Crippen molar-refractivity contribution in [3.8, 4) is 5.69 Å². The molecule has 1 aromatic heterocycles. The summed E-state index contributed by atoms with van der Waals surface area (Å²) in [4.78, 5) is 11.6. The average Bonchev–Trinajstić information content (AvgIpc) is 2.91. The van der Waals surface area contributed by atoms with Crippen LogP contribution in [0.3, 0.4) is 0 Å². The minimum Gasteiger partial charge on any atom is -0.476 e. The molecule has 0 saturated heterocycles. The molecule has 0 atom stereocenters. The molecule has 1 aliphatic rings. The highest BCUT2D eigenvalue weighted by molar-refractivity contribution is 9.10. The molecule has 3 rings (SSSR count). The molecule has 1 aromatic carbocycles. The maximum Gasteiger partial charge on any atom is 0.356 e. The van der Waals surface area contributed by atoms with E-state index in [1.807, 2.05) is 6.07 Å². The van der Waals surface area contributed by atoms with Gasteiger partial charge in [-0.25, -0.2) is 17.9 Å². The zero-order chi connectivity index (χ0) is 18.4. The zero-order valence-electron chi connectivity index (χ0n) is 12.9. The van der Waals surface area contributed by atoms with E-state index in [0.717, 1.165) is 4.47 Å². The van der Waals surface area contributed by atoms with Crippen LogP contribution in [0.2, 0.25) is 0 Å². The number of hydrogen-bond donors (Lipinski definition) is 1. The van der Waals surface area contributed by atoms with Gasteiger partial charge in [0, 0.05) is 15.6 Å². The summed E-state index contributed by atoms with van der Waals surface area (Å²) < 4.78 is 27.2. The first kappa shape index (κ1) is 17.4. The van der Waals surface area contributed by atoms with Gasteiger partial charge in [-0.1, -0.05) is 47.3 Å². The molecule has 1 aliphatic heterocycles. The molecule has 0 unspecified atom stereocenters. The number of hydrogen-bond acceptors (Lipinski definition) is 4. The quantitative estimate of drug-likeness (QED) is 0.818. The smallest absolute Gasteiger partial charge is 0.356 e. The Labute approximate surface area is 152 Å². The van der Waals surface area contributed by atoms with E-state index in [9.17, 15) is 18.3 Å². The van der Waals surface area contributed by atoms with Crippen LogP contribution >= 0.6 is 15.9 Å². The largest absolute Gasteiger partial charge is 0.476 e. The van der Waals surface area contributed by atoms with Crippen molar-refractivity contribution in [2.75, 3.05) is 0 Å². The van der Waals surface area contributed by atoms with E-state index < -0.39 is 21.6 Å². The minimum absolute atomic E-state index is 0.0167. The van der Waals surface area contributed by atoms with Crippen LogP contribution in [-0.4, -0.2) is 29.3 Å². The molecular formula is C17H13BrN2O4S. The number of halogens is 1. The predicted octanol–water partition coefficient (Wildman–Crippen LogP) is 3.34. The third kappa shape index (κ3) is 2.77. The Bertz CT molecular complexity index is 1060. The van der Waals surface area contributed by atoms with Crippen LogP contribution in [0.15, 0.2) is 59.0 Å². The van der Waals surface area contributed by atoms with Gasteiger partial charge in [0.25, 0.3) is 0 Å². The van der Waals surface area contributed by atoms with Crippen molar-refractivity contribution in [3.63, 3.8) is 0 Å². The lowest BCUT2D eigenvalue weighted by atomic mass is 10.1. The standard InChI is InChI=1S/C17H13BrN2O4S/c1-3-12-14(4-2)25(23,24)9-13-15(17(21)22)19-20(16(12)13)11-7-5-6-10(18)8-11/h3-8H,1-2,9H2,(H,21,22). The molecular weight excluding hydrogens is 408 g/mol. The summed E-state index contributed by atoms with van der Waals surface area (Å²) in [6, 6.07) is 7.11. The number of aromatic carboxylic acids is 1. The SMILES string of the molecule is C=CC1=C(C=C)S(=O)(=O)Cc2c(C(=O)O)nn(-c3cccc(Br)c3)c21. The summed E-state index contributed by atoms with van der Waals surface area (Å²) in [5.74, 6) is -1.73. The highest BCUT2D eigenvalue weighted by Crippen LogP contribution is 2.38. The number of allylic oxidation sites excluding steroid dienone is 3. The Morgan fingerprint density at radius 3 is 2.60 bits per heavy atom. The first-order valence-electron chi connectivity index (χ1n) is 7.13. The van der Waals surface area contributed by atoms with Gasteiger partial charge in [-0.2, -0.15) is 5.10 Å². The highest BCUT2D eigenvalue weighted by atomic mass is 79.9. The second-order valence-electron chi connectivity index (χ2n) is 5.32. The van der Waals surface area contributed by atoms with Crippen LogP contribution in [0.5, 0.6) is 0 Å². The number of aromatic nitrogens is 2. The molecule has 0 aliphatic carbocycles. The summed E-state index contributed by atoms with van der Waals surface area (Å²) >= 11 is 3.37. The van der Waals surface area contributed by atoms with E-state index in [4.69, 9.17) is 0 Å². The first-order valence-corrected chi connectivity index (χ1v) is 9.58. The average molecular weight is 421 g/mol. The van der Waals surface area contributed by atoms with E-state index in [0.29, 0.717) is 11.4 Å². The fourth-order valence-corrected chi connectivity index (χ4v) is 4.78. The number of nitrogens with zero attached hydrogens (tertiary/aromatic N) is 2. The van der Waals surface area contributed by atoms with Crippen molar-refractivity contribution >= 4 is 37.3 Å². The number of carboxylic acid groups (broad SMARTS) is 1. The van der Waals surface area contributed by atoms with Gasteiger partial charge in [-0.05, 0) is 18.2 Å². The monoisotopic (exact) mass is 420 g/mol. The maximum absolute atomic E-state index is 12.5. The number of sulfone groups is 1. The van der Waals surface area contributed by atoms with Crippen molar-refractivity contribution in [3.05, 3.63) is 75.9 Å². The molecule has 0 radical (unpaired) electrons. The van der Waals surface area contributed by atoms with E-state index >= 15 is 0 Å². The summed E-state index contributed by atoms with van der Waals surface area (Å²) in [5, 5.41) is 13.6. The van der Waals surface area contributed by atoms with Gasteiger partial charge >= 0.3 is 5.97 Å². The number of fused-ring (bicyclic) bond motifs is 1. The second kappa shape index (κ2) is 6.12. The summed E-state index contributed by atoms with van der Waals surface area (Å²) in [6.45, 7) is 7.26. The minimum atomic E-state index is -3.72. The van der Waals surface area contributed by atoms with E-state index in [-0.39, 0.29) is 21.7 Å². The first-order chi connectivity index (χ1) is 11.8. The predicted molar refractivity (Wildman–Crippen MR) is 98.2 cm³/mol. The van der Waals surface area contributed by atoms with Gasteiger partial charge in [0.1, 0.15) is 0 Å². The molecule has 0 spiro atoms. The molecule has 1 N–H and O–H groups in total. The summed E-state index contributed by atoms with van der Waals surface area (Å²) in [5.41, 5.74) is 1.14. The molecule has 0 saturated carbocycles. The number of benzene rings is 1. The second-order valence-corrected chi connectivity index (χ2v) is 8.19. The third-order valence-electron chi connectivity index (χ3n) is 3.82. The van der Waals surface area contributed by atoms with Crippen LogP contribution in [0.25, 0.3) is 11.3 Å². The van der Waals surface area contributed by atoms with Crippen LogP contribution in [-0.2, 0) is 15.6 Å². The van der Waals surface area contributed by atoms with Crippen molar-refractivity contribution in [2.24, 2.45) is 0 Å². The fourth-order valence-electron chi connectivity index (χ4n) is 2.82. The van der Waals surface area contributed by atoms with Crippen molar-refractivity contribution in [1.29, 1.82) is 0 Å². The Morgan fingerprint density at radius 2 is 2.04 bits per heavy atom. The molecule has 8 heteroatoms. The maximum atomic E-state index is 12.5. The van der Waals surface area contributed by atoms with Crippen LogP contribution in [0, 0.1) is 0 Å². The fraction of sp³-hybridized carbons (Fsp3) is 0.0588. The zero-order valence-corrected chi connectivity index (χ0v) is 15.3. The lowest BCUT2D eigenvalue weighted by Gasteiger charge is -2.19. The van der Waals surface area contributed by atoms with Crippen LogP contribution in [0.1, 0.15) is 21.7 Å². The molecule has 2 heterocycles. The number of carbonyl (C=O) groups is 1. The number of rotatable bonds is 4. The van der Waals surface area contributed by atoms with Crippen molar-refractivity contribution in [2.45, 2.75) is 5.75 Å². The molecule has 0 fully saturated rings. The Kier molecular flexibility index (Phi) is 4.26. The molecule has 0 amide bonds. The Morgan fingerprint density at radius 1 is 1.32 bits per heavy atom. The van der Waals surface area contributed by atoms with Gasteiger partial charge in [0.05, 0.1) is 22.0 Å².